The normalized spacial score (nSPS) is 13.4. The third-order valence-corrected chi connectivity index (χ3v) is 6.37. The van der Waals surface area contributed by atoms with E-state index in [4.69, 9.17) is 5.73 Å². The molecule has 2 aromatic carbocycles. The highest BCUT2D eigenvalue weighted by molar-refractivity contribution is 5.95. The minimum absolute atomic E-state index is 0.110. The van der Waals surface area contributed by atoms with E-state index in [0.717, 1.165) is 49.4 Å². The van der Waals surface area contributed by atoms with Crippen molar-refractivity contribution in [3.05, 3.63) is 90.0 Å². The molecule has 1 aliphatic rings. The average molecular weight is 468 g/mol. The van der Waals surface area contributed by atoms with Gasteiger partial charge in [-0.05, 0) is 41.3 Å². The van der Waals surface area contributed by atoms with Gasteiger partial charge in [-0.2, -0.15) is 0 Å². The minimum atomic E-state index is -0.110. The summed E-state index contributed by atoms with van der Waals surface area (Å²) in [4.78, 5) is 19.2. The molecular formula is C27H29N7O. The van der Waals surface area contributed by atoms with Crippen molar-refractivity contribution in [2.75, 3.05) is 24.1 Å². The number of amides is 1. The van der Waals surface area contributed by atoms with Crippen LogP contribution >= 0.6 is 0 Å². The highest BCUT2D eigenvalue weighted by atomic mass is 16.1. The Kier molecular flexibility index (Phi) is 6.81. The molecule has 3 N–H and O–H groups in total. The first-order valence-electron chi connectivity index (χ1n) is 11.9. The Morgan fingerprint density at radius 2 is 1.91 bits per heavy atom. The molecule has 0 atom stereocenters. The highest BCUT2D eigenvalue weighted by Gasteiger charge is 2.16. The molecule has 178 valence electrons. The summed E-state index contributed by atoms with van der Waals surface area (Å²) in [6.45, 7) is 3.73. The second-order valence-electron chi connectivity index (χ2n) is 8.86. The van der Waals surface area contributed by atoms with Crippen molar-refractivity contribution in [1.29, 1.82) is 0 Å². The molecule has 1 amide bonds. The molecule has 8 heteroatoms. The van der Waals surface area contributed by atoms with E-state index in [-0.39, 0.29) is 5.91 Å². The number of anilines is 2. The maximum absolute atomic E-state index is 12.6. The summed E-state index contributed by atoms with van der Waals surface area (Å²) in [5, 5.41) is 11.4. The summed E-state index contributed by atoms with van der Waals surface area (Å²) in [6.07, 6.45) is 7.35. The predicted molar refractivity (Wildman–Crippen MR) is 136 cm³/mol. The second kappa shape index (κ2) is 10.5. The predicted octanol–water partition coefficient (Wildman–Crippen LogP) is 3.55. The summed E-state index contributed by atoms with van der Waals surface area (Å²) in [6, 6.07) is 18.1. The molecular weight excluding hydrogens is 438 g/mol. The van der Waals surface area contributed by atoms with Gasteiger partial charge in [0.05, 0.1) is 23.6 Å². The number of fused-ring (bicyclic) bond motifs is 1. The Labute approximate surface area is 204 Å². The van der Waals surface area contributed by atoms with E-state index in [1.165, 1.54) is 11.1 Å². The Bertz CT molecular complexity index is 1300. The first kappa shape index (κ1) is 22.7. The van der Waals surface area contributed by atoms with Crippen LogP contribution in [-0.4, -0.2) is 43.9 Å². The Morgan fingerprint density at radius 3 is 2.77 bits per heavy atom. The van der Waals surface area contributed by atoms with Crippen LogP contribution in [0.2, 0.25) is 0 Å². The maximum atomic E-state index is 12.6. The molecule has 0 bridgehead atoms. The Balaban J connectivity index is 1.11. The maximum Gasteiger partial charge on any atom is 0.224 e. The lowest BCUT2D eigenvalue weighted by molar-refractivity contribution is -0.116. The van der Waals surface area contributed by atoms with E-state index in [1.54, 1.807) is 18.5 Å². The van der Waals surface area contributed by atoms with Crippen molar-refractivity contribution < 1.29 is 4.79 Å². The molecule has 0 unspecified atom stereocenters. The molecule has 0 spiro atoms. The van der Waals surface area contributed by atoms with Gasteiger partial charge in [0, 0.05) is 56.6 Å². The summed E-state index contributed by atoms with van der Waals surface area (Å²) >= 11 is 0. The summed E-state index contributed by atoms with van der Waals surface area (Å²) < 4.78 is 1.86. The molecule has 2 aromatic heterocycles. The summed E-state index contributed by atoms with van der Waals surface area (Å²) in [5.74, 6) is -0.110. The SMILES string of the molecule is Nc1ccc(-c2cccnc2)cc1NC(=O)CCc1cn(CCN2CCc3ccccc3C2)nn1. The van der Waals surface area contributed by atoms with Crippen molar-refractivity contribution in [3.63, 3.8) is 0 Å². The topological polar surface area (TPSA) is 102 Å². The van der Waals surface area contributed by atoms with Crippen molar-refractivity contribution in [2.45, 2.75) is 32.4 Å². The van der Waals surface area contributed by atoms with Crippen LogP contribution in [0.3, 0.4) is 0 Å². The fourth-order valence-corrected chi connectivity index (χ4v) is 4.38. The van der Waals surface area contributed by atoms with Crippen molar-refractivity contribution >= 4 is 17.3 Å². The van der Waals surface area contributed by atoms with Gasteiger partial charge < -0.3 is 11.1 Å². The fourth-order valence-electron chi connectivity index (χ4n) is 4.38. The quantitative estimate of drug-likeness (QED) is 0.384. The van der Waals surface area contributed by atoms with Gasteiger partial charge in [0.15, 0.2) is 0 Å². The number of carbonyl (C=O) groups excluding carboxylic acids is 1. The van der Waals surface area contributed by atoms with Crippen molar-refractivity contribution in [1.82, 2.24) is 24.9 Å². The zero-order valence-electron chi connectivity index (χ0n) is 19.6. The number of nitrogen functional groups attached to an aromatic ring is 1. The summed E-state index contributed by atoms with van der Waals surface area (Å²) in [5.41, 5.74) is 12.8. The van der Waals surface area contributed by atoms with Gasteiger partial charge in [0.2, 0.25) is 5.91 Å². The van der Waals surface area contributed by atoms with Gasteiger partial charge in [-0.1, -0.05) is 41.6 Å². The molecule has 5 rings (SSSR count). The number of pyridine rings is 1. The Morgan fingerprint density at radius 1 is 1.03 bits per heavy atom. The standard InChI is InChI=1S/C27H29N7O/c28-25-9-7-21(22-6-3-12-29-17-22)16-26(25)30-27(35)10-8-24-19-34(32-31-24)15-14-33-13-11-20-4-1-2-5-23(20)18-33/h1-7,9,12,16-17,19H,8,10-11,13-15,18,28H2,(H,30,35). The number of aryl methyl sites for hydroxylation is 1. The minimum Gasteiger partial charge on any atom is -0.397 e. The van der Waals surface area contributed by atoms with Crippen LogP contribution in [0.5, 0.6) is 0 Å². The van der Waals surface area contributed by atoms with Gasteiger partial charge in [-0.15, -0.1) is 5.10 Å². The average Bonchev–Trinajstić information content (AvgIpc) is 3.36. The van der Waals surface area contributed by atoms with Crippen molar-refractivity contribution in [2.24, 2.45) is 0 Å². The van der Waals surface area contributed by atoms with E-state index < -0.39 is 0 Å². The van der Waals surface area contributed by atoms with Gasteiger partial charge in [-0.25, -0.2) is 0 Å². The lowest BCUT2D eigenvalue weighted by atomic mass is 10.00. The molecule has 0 saturated carbocycles. The molecule has 35 heavy (non-hydrogen) atoms. The van der Waals surface area contributed by atoms with Crippen molar-refractivity contribution in [3.8, 4) is 11.1 Å². The van der Waals surface area contributed by atoms with E-state index in [1.807, 2.05) is 35.1 Å². The van der Waals surface area contributed by atoms with Crippen LogP contribution in [0.1, 0.15) is 23.2 Å². The molecule has 0 aliphatic carbocycles. The molecule has 0 radical (unpaired) electrons. The van der Waals surface area contributed by atoms with Crippen LogP contribution in [0, 0.1) is 0 Å². The monoisotopic (exact) mass is 467 g/mol. The summed E-state index contributed by atoms with van der Waals surface area (Å²) in [7, 11) is 0. The third kappa shape index (κ3) is 5.73. The van der Waals surface area contributed by atoms with E-state index in [9.17, 15) is 4.79 Å². The zero-order chi connectivity index (χ0) is 24.0. The second-order valence-corrected chi connectivity index (χ2v) is 8.86. The number of nitrogens with one attached hydrogen (secondary N) is 1. The fraction of sp³-hybridized carbons (Fsp3) is 0.259. The number of hydrogen-bond donors (Lipinski definition) is 2. The number of benzene rings is 2. The van der Waals surface area contributed by atoms with E-state index in [2.05, 4.69) is 49.8 Å². The lowest BCUT2D eigenvalue weighted by Gasteiger charge is -2.28. The molecule has 8 nitrogen and oxygen atoms in total. The van der Waals surface area contributed by atoms with E-state index in [0.29, 0.717) is 24.2 Å². The van der Waals surface area contributed by atoms with Gasteiger partial charge in [0.1, 0.15) is 0 Å². The number of aromatic nitrogens is 4. The highest BCUT2D eigenvalue weighted by Crippen LogP contribution is 2.27. The molecule has 3 heterocycles. The van der Waals surface area contributed by atoms with Crippen LogP contribution in [0.15, 0.2) is 73.2 Å². The third-order valence-electron chi connectivity index (χ3n) is 6.37. The number of nitrogens with zero attached hydrogens (tertiary/aromatic N) is 5. The van der Waals surface area contributed by atoms with E-state index >= 15 is 0 Å². The van der Waals surface area contributed by atoms with Crippen LogP contribution in [0.25, 0.3) is 11.1 Å². The van der Waals surface area contributed by atoms with Gasteiger partial charge in [0.25, 0.3) is 0 Å². The number of rotatable bonds is 8. The number of carbonyl (C=O) groups is 1. The molecule has 1 aliphatic heterocycles. The molecule has 0 fully saturated rings. The van der Waals surface area contributed by atoms with Crippen LogP contribution in [-0.2, 0) is 30.7 Å². The number of nitrogens with two attached hydrogens (primary N) is 1. The first-order chi connectivity index (χ1) is 17.1. The Hall–Kier alpha value is -4.04. The van der Waals surface area contributed by atoms with Gasteiger partial charge in [-0.3, -0.25) is 19.4 Å². The van der Waals surface area contributed by atoms with Crippen LogP contribution in [0.4, 0.5) is 11.4 Å². The zero-order valence-corrected chi connectivity index (χ0v) is 19.6. The largest absolute Gasteiger partial charge is 0.397 e. The lowest BCUT2D eigenvalue weighted by Crippen LogP contribution is -2.33. The smallest absolute Gasteiger partial charge is 0.224 e. The molecule has 4 aromatic rings. The first-order valence-corrected chi connectivity index (χ1v) is 11.9. The number of hydrogen-bond acceptors (Lipinski definition) is 6. The van der Waals surface area contributed by atoms with Gasteiger partial charge >= 0.3 is 0 Å². The van der Waals surface area contributed by atoms with Crippen LogP contribution < -0.4 is 11.1 Å². The molecule has 0 saturated heterocycles.